The molecular weight excluding hydrogens is 340 g/mol. The molecule has 2 aromatic carbocycles. The molecule has 0 fully saturated rings. The minimum Gasteiger partial charge on any atom is -0.307 e. The summed E-state index contributed by atoms with van der Waals surface area (Å²) in [5.41, 5.74) is 6.04. The van der Waals surface area contributed by atoms with Crippen LogP contribution in [0.1, 0.15) is 11.4 Å². The molecule has 0 aliphatic carbocycles. The van der Waals surface area contributed by atoms with E-state index in [4.69, 9.17) is 0 Å². The molecule has 0 aliphatic heterocycles. The van der Waals surface area contributed by atoms with E-state index in [2.05, 4.69) is 31.1 Å². The quantitative estimate of drug-likeness (QED) is 0.383. The van der Waals surface area contributed by atoms with Crippen molar-refractivity contribution in [1.82, 2.24) is 10.4 Å². The Morgan fingerprint density at radius 2 is 1.59 bits per heavy atom. The fourth-order valence-corrected chi connectivity index (χ4v) is 2.17. The summed E-state index contributed by atoms with van der Waals surface area (Å²) in [6.45, 7) is 1.89. The van der Waals surface area contributed by atoms with Crippen molar-refractivity contribution >= 4 is 29.3 Å². The highest BCUT2D eigenvalue weighted by Crippen LogP contribution is 2.19. The van der Waals surface area contributed by atoms with E-state index in [9.17, 15) is 4.79 Å². The molecule has 0 aliphatic rings. The van der Waals surface area contributed by atoms with Gasteiger partial charge in [-0.25, -0.2) is 10.2 Å². The van der Waals surface area contributed by atoms with Crippen molar-refractivity contribution in [1.29, 1.82) is 0 Å². The second kappa shape index (κ2) is 9.00. The van der Waals surface area contributed by atoms with Gasteiger partial charge in [0.2, 0.25) is 0 Å². The first-order chi connectivity index (χ1) is 13.2. The van der Waals surface area contributed by atoms with E-state index < -0.39 is 6.03 Å². The Balaban J connectivity index is 1.51. The first-order valence-electron chi connectivity index (χ1n) is 8.30. The first kappa shape index (κ1) is 17.9. The molecule has 7 heteroatoms. The van der Waals surface area contributed by atoms with Gasteiger partial charge in [-0.1, -0.05) is 24.3 Å². The molecule has 0 saturated carbocycles. The maximum atomic E-state index is 11.9. The molecule has 0 spiro atoms. The van der Waals surface area contributed by atoms with Gasteiger partial charge in [-0.3, -0.25) is 4.98 Å². The molecule has 3 aromatic rings. The Labute approximate surface area is 156 Å². The maximum absolute atomic E-state index is 11.9. The lowest BCUT2D eigenvalue weighted by Gasteiger charge is -2.04. The van der Waals surface area contributed by atoms with Gasteiger partial charge >= 0.3 is 6.03 Å². The van der Waals surface area contributed by atoms with Gasteiger partial charge in [0.05, 0.1) is 23.3 Å². The summed E-state index contributed by atoms with van der Waals surface area (Å²) in [4.78, 5) is 16.1. The molecule has 2 amide bonds. The zero-order chi connectivity index (χ0) is 18.9. The van der Waals surface area contributed by atoms with Crippen LogP contribution in [0.15, 0.2) is 88.1 Å². The minimum atomic E-state index is -0.447. The van der Waals surface area contributed by atoms with Crippen LogP contribution in [0.4, 0.5) is 21.9 Å². The van der Waals surface area contributed by atoms with Crippen molar-refractivity contribution in [2.24, 2.45) is 15.3 Å². The zero-order valence-corrected chi connectivity index (χ0v) is 14.7. The predicted molar refractivity (Wildman–Crippen MR) is 106 cm³/mol. The lowest BCUT2D eigenvalue weighted by atomic mass is 10.3. The Bertz CT molecular complexity index is 952. The number of urea groups is 1. The average Bonchev–Trinajstić information content (AvgIpc) is 2.68. The van der Waals surface area contributed by atoms with E-state index in [0.717, 1.165) is 11.4 Å². The number of rotatable bonds is 5. The van der Waals surface area contributed by atoms with Crippen LogP contribution in [-0.2, 0) is 0 Å². The van der Waals surface area contributed by atoms with E-state index in [0.29, 0.717) is 17.1 Å². The number of nitrogens with one attached hydrogen (secondary N) is 2. The molecule has 1 heterocycles. The summed E-state index contributed by atoms with van der Waals surface area (Å²) in [5, 5.41) is 14.9. The highest BCUT2D eigenvalue weighted by atomic mass is 16.2. The summed E-state index contributed by atoms with van der Waals surface area (Å²) < 4.78 is 0. The lowest BCUT2D eigenvalue weighted by molar-refractivity contribution is 0.252. The van der Waals surface area contributed by atoms with Crippen molar-refractivity contribution in [2.75, 3.05) is 5.32 Å². The van der Waals surface area contributed by atoms with Crippen LogP contribution in [0.5, 0.6) is 0 Å². The van der Waals surface area contributed by atoms with Crippen LogP contribution >= 0.6 is 0 Å². The highest BCUT2D eigenvalue weighted by Gasteiger charge is 2.00. The van der Waals surface area contributed by atoms with Gasteiger partial charge < -0.3 is 5.32 Å². The topological polar surface area (TPSA) is 91.1 Å². The van der Waals surface area contributed by atoms with Gasteiger partial charge in [-0.05, 0) is 55.5 Å². The number of hydrazone groups is 1. The van der Waals surface area contributed by atoms with Gasteiger partial charge in [-0.2, -0.15) is 15.3 Å². The number of hydrogen-bond donors (Lipinski definition) is 2. The molecule has 0 saturated heterocycles. The predicted octanol–water partition coefficient (Wildman–Crippen LogP) is 4.96. The molecule has 3 rings (SSSR count). The van der Waals surface area contributed by atoms with Crippen molar-refractivity contribution in [3.63, 3.8) is 0 Å². The number of hydrogen-bond acceptors (Lipinski definition) is 5. The van der Waals surface area contributed by atoms with Crippen LogP contribution in [0.2, 0.25) is 0 Å². The molecule has 0 bridgehead atoms. The second-order valence-electron chi connectivity index (χ2n) is 5.61. The van der Waals surface area contributed by atoms with Crippen LogP contribution in [0.25, 0.3) is 0 Å². The number of azo groups is 1. The van der Waals surface area contributed by atoms with E-state index in [1.165, 1.54) is 6.21 Å². The van der Waals surface area contributed by atoms with Crippen molar-refractivity contribution in [2.45, 2.75) is 6.92 Å². The van der Waals surface area contributed by atoms with Gasteiger partial charge in [0, 0.05) is 11.4 Å². The maximum Gasteiger partial charge on any atom is 0.339 e. The number of anilines is 1. The summed E-state index contributed by atoms with van der Waals surface area (Å²) in [7, 11) is 0. The fourth-order valence-electron chi connectivity index (χ4n) is 2.17. The Kier molecular flexibility index (Phi) is 5.98. The van der Waals surface area contributed by atoms with Crippen LogP contribution in [-0.4, -0.2) is 17.2 Å². The van der Waals surface area contributed by atoms with Crippen LogP contribution in [0.3, 0.4) is 0 Å². The van der Waals surface area contributed by atoms with Crippen LogP contribution in [0, 0.1) is 6.92 Å². The molecule has 0 radical (unpaired) electrons. The molecule has 7 nitrogen and oxygen atoms in total. The molecule has 2 N–H and O–H groups in total. The first-order valence-corrected chi connectivity index (χ1v) is 8.30. The summed E-state index contributed by atoms with van der Waals surface area (Å²) in [6, 6.07) is 21.6. The smallest absolute Gasteiger partial charge is 0.307 e. The Morgan fingerprint density at radius 1 is 0.889 bits per heavy atom. The van der Waals surface area contributed by atoms with Crippen molar-refractivity contribution < 1.29 is 4.79 Å². The fraction of sp³-hybridized carbons (Fsp3) is 0.0500. The van der Waals surface area contributed by atoms with Gasteiger partial charge in [0.15, 0.2) is 0 Å². The minimum absolute atomic E-state index is 0.447. The van der Waals surface area contributed by atoms with E-state index >= 15 is 0 Å². The van der Waals surface area contributed by atoms with E-state index in [1.807, 2.05) is 49.4 Å². The molecule has 0 unspecified atom stereocenters. The number of benzene rings is 2. The third-order valence-corrected chi connectivity index (χ3v) is 3.44. The SMILES string of the molecule is Cc1cccc(/C=N\NC(=O)Nc2ccc(N=Nc3ccccc3)cc2)n1. The van der Waals surface area contributed by atoms with Crippen molar-refractivity contribution in [3.8, 4) is 0 Å². The Hall–Kier alpha value is -3.87. The van der Waals surface area contributed by atoms with Gasteiger partial charge in [0.1, 0.15) is 0 Å². The summed E-state index contributed by atoms with van der Waals surface area (Å²) in [6.07, 6.45) is 1.49. The summed E-state index contributed by atoms with van der Waals surface area (Å²) >= 11 is 0. The number of nitrogens with zero attached hydrogens (tertiary/aromatic N) is 4. The summed E-state index contributed by atoms with van der Waals surface area (Å²) in [5.74, 6) is 0. The number of pyridine rings is 1. The lowest BCUT2D eigenvalue weighted by Crippen LogP contribution is -2.24. The zero-order valence-electron chi connectivity index (χ0n) is 14.7. The number of carbonyl (C=O) groups excluding carboxylic acids is 1. The van der Waals surface area contributed by atoms with E-state index in [-0.39, 0.29) is 0 Å². The van der Waals surface area contributed by atoms with Gasteiger partial charge in [-0.15, -0.1) is 0 Å². The number of carbonyl (C=O) groups is 1. The number of aromatic nitrogens is 1. The molecule has 1 aromatic heterocycles. The number of aryl methyl sites for hydroxylation is 1. The van der Waals surface area contributed by atoms with Gasteiger partial charge in [0.25, 0.3) is 0 Å². The largest absolute Gasteiger partial charge is 0.339 e. The average molecular weight is 358 g/mol. The van der Waals surface area contributed by atoms with Crippen LogP contribution < -0.4 is 10.7 Å². The molecule has 0 atom stereocenters. The third kappa shape index (κ3) is 5.86. The highest BCUT2D eigenvalue weighted by molar-refractivity contribution is 5.90. The molecule has 27 heavy (non-hydrogen) atoms. The third-order valence-electron chi connectivity index (χ3n) is 3.44. The van der Waals surface area contributed by atoms with Crippen molar-refractivity contribution in [3.05, 3.63) is 84.2 Å². The molecule has 134 valence electrons. The normalized spacial score (nSPS) is 11.0. The number of amides is 2. The monoisotopic (exact) mass is 358 g/mol. The Morgan fingerprint density at radius 3 is 2.30 bits per heavy atom. The molecular formula is C20H18N6O. The second-order valence-corrected chi connectivity index (χ2v) is 5.61. The standard InChI is InChI=1S/C20H18N6O/c1-15-6-5-9-19(22-15)14-21-26-20(27)23-16-10-12-18(13-11-16)25-24-17-7-3-2-4-8-17/h2-14H,1H3,(H2,23,26,27)/b21-14-,25-24?. The van der Waals surface area contributed by atoms with E-state index in [1.54, 1.807) is 30.3 Å².